The lowest BCUT2D eigenvalue weighted by atomic mass is 10.1. The van der Waals surface area contributed by atoms with Crippen LogP contribution < -0.4 is 10.1 Å². The van der Waals surface area contributed by atoms with Gasteiger partial charge in [0, 0.05) is 23.5 Å². The Labute approximate surface area is 202 Å². The number of aryl methyl sites for hydroxylation is 2. The van der Waals surface area contributed by atoms with Crippen molar-refractivity contribution in [2.24, 2.45) is 0 Å². The number of hydrogen-bond acceptors (Lipinski definition) is 6. The van der Waals surface area contributed by atoms with Crippen molar-refractivity contribution >= 4 is 17.5 Å². The van der Waals surface area contributed by atoms with Gasteiger partial charge >= 0.3 is 12.3 Å². The summed E-state index contributed by atoms with van der Waals surface area (Å²) in [7, 11) is 0. The molecule has 0 aliphatic heterocycles. The van der Waals surface area contributed by atoms with Crippen molar-refractivity contribution < 1.29 is 32.2 Å². The Bertz CT molecular complexity index is 1420. The van der Waals surface area contributed by atoms with E-state index in [1.54, 1.807) is 25.3 Å². The molecule has 0 aliphatic rings. The normalized spacial score (nSPS) is 11.4. The van der Waals surface area contributed by atoms with Crippen LogP contribution in [0.1, 0.15) is 28.7 Å². The van der Waals surface area contributed by atoms with Gasteiger partial charge in [-0.1, -0.05) is 6.92 Å². The van der Waals surface area contributed by atoms with Crippen molar-refractivity contribution in [2.75, 3.05) is 5.32 Å². The number of aromatic nitrogens is 4. The quantitative estimate of drug-likeness (QED) is 0.248. The van der Waals surface area contributed by atoms with Crippen LogP contribution in [0.5, 0.6) is 5.75 Å². The van der Waals surface area contributed by atoms with Crippen molar-refractivity contribution in [3.63, 3.8) is 0 Å². The number of hydrogen-bond donors (Lipinski definition) is 2. The van der Waals surface area contributed by atoms with Crippen LogP contribution in [0.2, 0.25) is 0 Å². The molecule has 0 saturated heterocycles. The molecule has 3 aromatic heterocycles. The number of nitrogens with zero attached hydrogens (tertiary/aromatic N) is 4. The molecule has 0 amide bonds. The average Bonchev–Trinajstić information content (AvgIpc) is 3.17. The van der Waals surface area contributed by atoms with Gasteiger partial charge in [-0.3, -0.25) is 4.98 Å². The number of anilines is 2. The van der Waals surface area contributed by atoms with E-state index in [2.05, 4.69) is 25.1 Å². The summed E-state index contributed by atoms with van der Waals surface area (Å²) in [6.07, 6.45) is -1.61. The maximum atomic E-state index is 13.5. The van der Waals surface area contributed by atoms with Crippen LogP contribution in [0.4, 0.5) is 29.1 Å². The first kappa shape index (κ1) is 24.6. The lowest BCUT2D eigenvalue weighted by Gasteiger charge is -2.16. The number of carbonyl (C=O) groups is 1. The van der Waals surface area contributed by atoms with Crippen molar-refractivity contribution in [1.29, 1.82) is 0 Å². The summed E-state index contributed by atoms with van der Waals surface area (Å²) in [5.41, 5.74) is 2.31. The predicted molar refractivity (Wildman–Crippen MR) is 122 cm³/mol. The molecule has 2 N–H and O–H groups in total. The molecular weight excluding hydrogens is 482 g/mol. The molecule has 0 bridgehead atoms. The molecule has 0 fully saturated rings. The van der Waals surface area contributed by atoms with Crippen LogP contribution in [-0.4, -0.2) is 37.2 Å². The zero-order valence-electron chi connectivity index (χ0n) is 19.0. The molecule has 186 valence electrons. The van der Waals surface area contributed by atoms with Gasteiger partial charge in [-0.15, -0.1) is 13.2 Å². The van der Waals surface area contributed by atoms with E-state index in [4.69, 9.17) is 0 Å². The van der Waals surface area contributed by atoms with E-state index in [0.717, 1.165) is 18.2 Å². The summed E-state index contributed by atoms with van der Waals surface area (Å²) in [4.78, 5) is 19.9. The van der Waals surface area contributed by atoms with E-state index < -0.39 is 29.6 Å². The minimum atomic E-state index is -4.99. The van der Waals surface area contributed by atoms with E-state index >= 15 is 0 Å². The summed E-state index contributed by atoms with van der Waals surface area (Å²) in [6, 6.07) is 9.07. The Hall–Kier alpha value is -4.48. The third-order valence-electron chi connectivity index (χ3n) is 5.22. The zero-order chi connectivity index (χ0) is 26.0. The van der Waals surface area contributed by atoms with Crippen LogP contribution in [0, 0.1) is 12.9 Å². The van der Waals surface area contributed by atoms with Crippen LogP contribution in [0.25, 0.3) is 16.8 Å². The molecule has 0 spiro atoms. The number of carboxylic acid groups (broad SMARTS) is 1. The highest BCUT2D eigenvalue weighted by atomic mass is 19.4. The van der Waals surface area contributed by atoms with Crippen molar-refractivity contribution in [1.82, 2.24) is 19.7 Å². The second-order valence-corrected chi connectivity index (χ2v) is 7.60. The lowest BCUT2D eigenvalue weighted by Crippen LogP contribution is -2.17. The smallest absolute Gasteiger partial charge is 0.478 e. The number of carboxylic acids is 1. The largest absolute Gasteiger partial charge is 0.573 e. The van der Waals surface area contributed by atoms with Gasteiger partial charge in [0.05, 0.1) is 28.3 Å². The van der Waals surface area contributed by atoms with Crippen LogP contribution in [0.15, 0.2) is 54.9 Å². The van der Waals surface area contributed by atoms with E-state index in [-0.39, 0.29) is 5.69 Å². The fourth-order valence-electron chi connectivity index (χ4n) is 3.66. The van der Waals surface area contributed by atoms with Gasteiger partial charge in [-0.25, -0.2) is 14.5 Å². The van der Waals surface area contributed by atoms with Gasteiger partial charge in [-0.2, -0.15) is 9.49 Å². The van der Waals surface area contributed by atoms with Gasteiger partial charge in [0.2, 0.25) is 5.95 Å². The van der Waals surface area contributed by atoms with Crippen LogP contribution >= 0.6 is 0 Å². The van der Waals surface area contributed by atoms with E-state index in [9.17, 15) is 27.5 Å². The molecule has 3 heterocycles. The number of nitrogens with one attached hydrogen (secondary N) is 1. The number of ether oxygens (including phenoxy) is 1. The molecule has 12 heteroatoms. The highest BCUT2D eigenvalue weighted by Crippen LogP contribution is 2.38. The van der Waals surface area contributed by atoms with Gasteiger partial charge in [0.25, 0.3) is 0 Å². The number of halogens is 4. The van der Waals surface area contributed by atoms with Gasteiger partial charge < -0.3 is 15.2 Å². The molecular formula is C24H19F4N5O3. The van der Waals surface area contributed by atoms with Gasteiger partial charge in [0.15, 0.2) is 0 Å². The lowest BCUT2D eigenvalue weighted by molar-refractivity contribution is -0.274. The van der Waals surface area contributed by atoms with Crippen molar-refractivity contribution in [3.05, 3.63) is 77.8 Å². The first-order chi connectivity index (χ1) is 17.1. The third-order valence-corrected chi connectivity index (χ3v) is 5.22. The molecule has 0 saturated carbocycles. The molecule has 0 aliphatic carbocycles. The number of benzene rings is 1. The maximum absolute atomic E-state index is 13.5. The summed E-state index contributed by atoms with van der Waals surface area (Å²) < 4.78 is 57.0. The minimum absolute atomic E-state index is 0.0151. The highest BCUT2D eigenvalue weighted by Gasteiger charge is 2.32. The summed E-state index contributed by atoms with van der Waals surface area (Å²) in [5.74, 6) is -2.55. The highest BCUT2D eigenvalue weighted by molar-refractivity contribution is 5.96. The third kappa shape index (κ3) is 5.11. The second kappa shape index (κ2) is 9.64. The predicted octanol–water partition coefficient (Wildman–Crippen LogP) is 5.68. The number of aromatic carboxylic acids is 1. The minimum Gasteiger partial charge on any atom is -0.478 e. The summed E-state index contributed by atoms with van der Waals surface area (Å²) in [5, 5.41) is 17.4. The van der Waals surface area contributed by atoms with Crippen molar-refractivity contribution in [2.45, 2.75) is 26.6 Å². The Morgan fingerprint density at radius 2 is 1.94 bits per heavy atom. The monoisotopic (exact) mass is 501 g/mol. The molecule has 0 radical (unpaired) electrons. The Morgan fingerprint density at radius 1 is 1.17 bits per heavy atom. The first-order valence-corrected chi connectivity index (χ1v) is 10.6. The molecule has 0 atom stereocenters. The Balaban J connectivity index is 1.92. The SMILES string of the molecule is CCc1nn(-c2cccnc2C)c(Nc2ccc(OC(F)(F)F)cc2C(=O)O)c1-c1ccc(F)nc1. The average molecular weight is 501 g/mol. The Morgan fingerprint density at radius 3 is 2.56 bits per heavy atom. The first-order valence-electron chi connectivity index (χ1n) is 10.6. The molecule has 8 nitrogen and oxygen atoms in total. The number of pyridine rings is 2. The van der Waals surface area contributed by atoms with Gasteiger partial charge in [-0.05, 0) is 55.8 Å². The maximum Gasteiger partial charge on any atom is 0.573 e. The zero-order valence-corrected chi connectivity index (χ0v) is 19.0. The molecule has 1 aromatic carbocycles. The number of rotatable bonds is 7. The second-order valence-electron chi connectivity index (χ2n) is 7.60. The van der Waals surface area contributed by atoms with E-state index in [1.807, 2.05) is 6.92 Å². The summed E-state index contributed by atoms with van der Waals surface area (Å²) >= 11 is 0. The van der Waals surface area contributed by atoms with Crippen molar-refractivity contribution in [3.8, 4) is 22.6 Å². The molecule has 36 heavy (non-hydrogen) atoms. The fraction of sp³-hybridized carbons (Fsp3) is 0.167. The fourth-order valence-corrected chi connectivity index (χ4v) is 3.66. The molecule has 4 rings (SSSR count). The topological polar surface area (TPSA) is 102 Å². The van der Waals surface area contributed by atoms with Gasteiger partial charge in [0.1, 0.15) is 11.6 Å². The molecule has 0 unspecified atom stereocenters. The molecule has 4 aromatic rings. The Kier molecular flexibility index (Phi) is 6.60. The number of alkyl halides is 3. The van der Waals surface area contributed by atoms with E-state index in [1.165, 1.54) is 23.0 Å². The standard InChI is InChI=1S/C24H19F4N5O3/c1-3-17-21(14-6-9-20(25)30-12-14)22(33(32-17)19-5-4-10-29-13(19)2)31-18-8-7-15(36-24(26,27)28)11-16(18)23(34)35/h4-12,31H,3H2,1-2H3,(H,34,35). The summed E-state index contributed by atoms with van der Waals surface area (Å²) in [6.45, 7) is 3.62. The van der Waals surface area contributed by atoms with E-state index in [0.29, 0.717) is 40.4 Å². The van der Waals surface area contributed by atoms with Crippen LogP contribution in [-0.2, 0) is 6.42 Å². The van der Waals surface area contributed by atoms with Crippen LogP contribution in [0.3, 0.4) is 0 Å².